The fraction of sp³-hybridized carbons (Fsp3) is 0.368. The Balaban J connectivity index is 1.96. The third kappa shape index (κ3) is 5.39. The number of benzene rings is 2. The average molecular weight is 354 g/mol. The van der Waals surface area contributed by atoms with Crippen LogP contribution >= 0.6 is 0 Å². The van der Waals surface area contributed by atoms with E-state index in [0.717, 1.165) is 29.5 Å². The number of hydrogen-bond acceptors (Lipinski definition) is 2. The van der Waals surface area contributed by atoms with Gasteiger partial charge in [-0.1, -0.05) is 18.2 Å². The van der Waals surface area contributed by atoms with E-state index in [4.69, 9.17) is 9.47 Å². The van der Waals surface area contributed by atoms with Gasteiger partial charge in [0.05, 0.1) is 33.4 Å². The van der Waals surface area contributed by atoms with Crippen molar-refractivity contribution in [3.05, 3.63) is 59.2 Å². The molecule has 0 radical (unpaired) electrons. The van der Waals surface area contributed by atoms with E-state index in [1.807, 2.05) is 25.2 Å². The fourth-order valence-corrected chi connectivity index (χ4v) is 2.69. The molecule has 0 heterocycles. The molecule has 0 spiro atoms. The second-order valence-electron chi connectivity index (χ2n) is 6.02. The molecule has 0 bridgehead atoms. The summed E-state index contributed by atoms with van der Waals surface area (Å²) in [6.07, 6.45) is -3.51. The van der Waals surface area contributed by atoms with Crippen molar-refractivity contribution in [2.24, 2.45) is 0 Å². The molecule has 0 aliphatic carbocycles. The Hall–Kier alpha value is -2.21. The zero-order valence-corrected chi connectivity index (χ0v) is 14.6. The molecule has 1 N–H and O–H groups in total. The van der Waals surface area contributed by atoms with E-state index in [1.165, 1.54) is 12.1 Å². The first-order chi connectivity index (χ1) is 11.8. The monoisotopic (exact) mass is 354 g/mol. The van der Waals surface area contributed by atoms with E-state index in [9.17, 15) is 13.2 Å². The molecule has 0 saturated carbocycles. The maximum absolute atomic E-state index is 12.8. The molecule has 2 aromatic carbocycles. The molecule has 0 aromatic heterocycles. The molecule has 0 amide bonds. The molecule has 0 aliphatic rings. The summed E-state index contributed by atoms with van der Waals surface area (Å²) < 4.78 is 48.8. The van der Waals surface area contributed by atoms with Gasteiger partial charge in [-0.3, -0.25) is 0 Å². The average Bonchev–Trinajstić information content (AvgIpc) is 2.59. The highest BCUT2D eigenvalue weighted by molar-refractivity contribution is 5.42. The molecule has 25 heavy (non-hydrogen) atoms. The fourth-order valence-electron chi connectivity index (χ4n) is 2.69. The molecular weight excluding hydrogens is 331 g/mol. The van der Waals surface area contributed by atoms with Crippen molar-refractivity contribution in [3.63, 3.8) is 0 Å². The quantitative estimate of drug-likeness (QED) is 0.826. The zero-order valence-electron chi connectivity index (χ0n) is 14.6. The molecule has 2 rings (SSSR count). The zero-order chi connectivity index (χ0) is 18.4. The van der Waals surface area contributed by atoms with Crippen LogP contribution in [0, 0.1) is 0 Å². The molecule has 1 atom stereocenters. The molecule has 3 nitrogen and oxygen atoms in total. The number of ether oxygens (including phenoxy) is 2. The lowest BCUT2D eigenvalue weighted by molar-refractivity contribution is -0.893. The third-order valence-corrected chi connectivity index (χ3v) is 4.05. The maximum atomic E-state index is 12.8. The lowest BCUT2D eigenvalue weighted by atomic mass is 10.1. The Bertz CT molecular complexity index is 701. The maximum Gasteiger partial charge on any atom is 0.416 e. The van der Waals surface area contributed by atoms with Crippen LogP contribution < -0.4 is 14.4 Å². The van der Waals surface area contributed by atoms with Gasteiger partial charge in [0, 0.05) is 12.0 Å². The number of hydrogen-bond donors (Lipinski definition) is 1. The minimum Gasteiger partial charge on any atom is -0.493 e. The van der Waals surface area contributed by atoms with Crippen molar-refractivity contribution in [2.75, 3.05) is 27.8 Å². The van der Waals surface area contributed by atoms with Gasteiger partial charge in [-0.25, -0.2) is 0 Å². The molecule has 6 heteroatoms. The van der Waals surface area contributed by atoms with Crippen molar-refractivity contribution in [2.45, 2.75) is 19.1 Å². The van der Waals surface area contributed by atoms with Crippen molar-refractivity contribution in [1.82, 2.24) is 0 Å². The topological polar surface area (TPSA) is 22.9 Å². The van der Waals surface area contributed by atoms with Gasteiger partial charge in [0.1, 0.15) is 6.54 Å². The number of halogens is 3. The number of rotatable bonds is 7. The van der Waals surface area contributed by atoms with Crippen LogP contribution in [-0.4, -0.2) is 27.8 Å². The molecule has 0 saturated heterocycles. The Morgan fingerprint density at radius 1 is 0.920 bits per heavy atom. The first-order valence-electron chi connectivity index (χ1n) is 8.02. The largest absolute Gasteiger partial charge is 0.493 e. The van der Waals surface area contributed by atoms with Crippen LogP contribution in [0.5, 0.6) is 11.5 Å². The Labute approximate surface area is 146 Å². The molecule has 1 unspecified atom stereocenters. The van der Waals surface area contributed by atoms with Crippen molar-refractivity contribution < 1.29 is 27.5 Å². The predicted molar refractivity (Wildman–Crippen MR) is 90.2 cm³/mol. The normalized spacial score (nSPS) is 12.7. The summed E-state index contributed by atoms with van der Waals surface area (Å²) in [6.45, 7) is 1.34. The van der Waals surface area contributed by atoms with Gasteiger partial charge in [0.15, 0.2) is 11.5 Å². The first-order valence-corrected chi connectivity index (χ1v) is 8.02. The summed E-state index contributed by atoms with van der Waals surface area (Å²) in [5, 5.41) is 0. The Morgan fingerprint density at radius 3 is 2.28 bits per heavy atom. The lowest BCUT2D eigenvalue weighted by Gasteiger charge is -2.16. The van der Waals surface area contributed by atoms with E-state index in [-0.39, 0.29) is 0 Å². The number of alkyl halides is 3. The summed E-state index contributed by atoms with van der Waals surface area (Å²) in [6, 6.07) is 11.3. The van der Waals surface area contributed by atoms with Gasteiger partial charge in [-0.05, 0) is 29.8 Å². The predicted octanol–water partition coefficient (Wildman–Crippen LogP) is 2.98. The summed E-state index contributed by atoms with van der Waals surface area (Å²) in [7, 11) is 5.15. The molecular formula is C19H23F3NO2+. The lowest BCUT2D eigenvalue weighted by Crippen LogP contribution is -3.07. The van der Waals surface area contributed by atoms with Crippen LogP contribution in [0.4, 0.5) is 13.2 Å². The van der Waals surface area contributed by atoms with Gasteiger partial charge >= 0.3 is 6.18 Å². The van der Waals surface area contributed by atoms with Gasteiger partial charge in [-0.2, -0.15) is 13.2 Å². The van der Waals surface area contributed by atoms with E-state index in [1.54, 1.807) is 20.3 Å². The summed E-state index contributed by atoms with van der Waals surface area (Å²) in [5.74, 6) is 1.35. The summed E-state index contributed by atoms with van der Waals surface area (Å²) >= 11 is 0. The van der Waals surface area contributed by atoms with E-state index >= 15 is 0 Å². The molecule has 2 aromatic rings. The number of nitrogens with one attached hydrogen (secondary N) is 1. The van der Waals surface area contributed by atoms with Crippen molar-refractivity contribution in [3.8, 4) is 11.5 Å². The van der Waals surface area contributed by atoms with Crippen LogP contribution in [-0.2, 0) is 19.1 Å². The van der Waals surface area contributed by atoms with E-state index in [0.29, 0.717) is 23.6 Å². The highest BCUT2D eigenvalue weighted by atomic mass is 19.4. The SMILES string of the molecule is COc1ccc(CC[NH+](C)Cc2cccc(C(F)(F)F)c2)cc1OC. The van der Waals surface area contributed by atoms with Crippen LogP contribution in [0.25, 0.3) is 0 Å². The van der Waals surface area contributed by atoms with Crippen molar-refractivity contribution >= 4 is 0 Å². The van der Waals surface area contributed by atoms with Gasteiger partial charge in [0.2, 0.25) is 0 Å². The van der Waals surface area contributed by atoms with Gasteiger partial charge in [-0.15, -0.1) is 0 Å². The standard InChI is InChI=1S/C19H22F3NO2/c1-23(13-15-5-4-6-16(11-15)19(20,21)22)10-9-14-7-8-17(24-2)18(12-14)25-3/h4-8,11-12H,9-10,13H2,1-3H3/p+1. The second-order valence-corrected chi connectivity index (χ2v) is 6.02. The highest BCUT2D eigenvalue weighted by Gasteiger charge is 2.30. The number of quaternary nitrogens is 1. The Morgan fingerprint density at radius 2 is 1.64 bits per heavy atom. The van der Waals surface area contributed by atoms with Gasteiger partial charge < -0.3 is 14.4 Å². The summed E-state index contributed by atoms with van der Waals surface area (Å²) in [4.78, 5) is 1.13. The first kappa shape index (κ1) is 19.1. The van der Waals surface area contributed by atoms with Crippen LogP contribution in [0.15, 0.2) is 42.5 Å². The highest BCUT2D eigenvalue weighted by Crippen LogP contribution is 2.29. The van der Waals surface area contributed by atoms with Gasteiger partial charge in [0.25, 0.3) is 0 Å². The van der Waals surface area contributed by atoms with Crippen LogP contribution in [0.2, 0.25) is 0 Å². The smallest absolute Gasteiger partial charge is 0.416 e. The van der Waals surface area contributed by atoms with Crippen LogP contribution in [0.1, 0.15) is 16.7 Å². The number of likely N-dealkylation sites (N-methyl/N-ethyl adjacent to an activating group) is 1. The number of methoxy groups -OCH3 is 2. The molecule has 136 valence electrons. The van der Waals surface area contributed by atoms with Crippen molar-refractivity contribution in [1.29, 1.82) is 0 Å². The molecule has 0 aliphatic heterocycles. The minimum atomic E-state index is -4.30. The summed E-state index contributed by atoms with van der Waals surface area (Å²) in [5.41, 5.74) is 1.18. The molecule has 0 fully saturated rings. The van der Waals surface area contributed by atoms with E-state index in [2.05, 4.69) is 0 Å². The van der Waals surface area contributed by atoms with Crippen LogP contribution in [0.3, 0.4) is 0 Å². The third-order valence-electron chi connectivity index (χ3n) is 4.05. The Kier molecular flexibility index (Phi) is 6.31. The minimum absolute atomic E-state index is 0.539. The second kappa shape index (κ2) is 8.25. The van der Waals surface area contributed by atoms with E-state index < -0.39 is 11.7 Å².